The third-order valence-electron chi connectivity index (χ3n) is 2.35. The molecule has 0 saturated carbocycles. The van der Waals surface area contributed by atoms with Crippen molar-refractivity contribution in [3.8, 4) is 5.69 Å². The van der Waals surface area contributed by atoms with Gasteiger partial charge >= 0.3 is 0 Å². The van der Waals surface area contributed by atoms with Crippen LogP contribution in [0.15, 0.2) is 30.5 Å². The molecule has 0 saturated heterocycles. The van der Waals surface area contributed by atoms with Crippen LogP contribution in [0.3, 0.4) is 0 Å². The van der Waals surface area contributed by atoms with Crippen molar-refractivity contribution in [3.05, 3.63) is 41.6 Å². The van der Waals surface area contributed by atoms with Gasteiger partial charge in [-0.1, -0.05) is 0 Å². The molecule has 0 fully saturated rings. The first kappa shape index (κ1) is 10.2. The number of nitrogen functional groups attached to an aromatic ring is 1. The third kappa shape index (κ3) is 1.75. The van der Waals surface area contributed by atoms with Crippen molar-refractivity contribution in [3.63, 3.8) is 0 Å². The summed E-state index contributed by atoms with van der Waals surface area (Å²) in [5, 5.41) is 4.07. The summed E-state index contributed by atoms with van der Waals surface area (Å²) in [5.74, 6) is 0.0284. The van der Waals surface area contributed by atoms with E-state index in [1.165, 1.54) is 0 Å². The molecular formula is C11H12N4O. The Labute approximate surface area is 92.7 Å². The fraction of sp³-hybridized carbons (Fsp3) is 0.0909. The summed E-state index contributed by atoms with van der Waals surface area (Å²) in [6.07, 6.45) is 1.76. The van der Waals surface area contributed by atoms with Crippen molar-refractivity contribution < 1.29 is 4.79 Å². The molecule has 0 aliphatic carbocycles. The number of aromatic nitrogens is 2. The molecule has 1 aromatic carbocycles. The Bertz CT molecular complexity index is 545. The van der Waals surface area contributed by atoms with Gasteiger partial charge in [0.05, 0.1) is 5.69 Å². The molecule has 0 atom stereocenters. The molecule has 5 heteroatoms. The van der Waals surface area contributed by atoms with E-state index in [0.717, 1.165) is 11.3 Å². The Kier molecular flexibility index (Phi) is 2.36. The molecule has 82 valence electrons. The summed E-state index contributed by atoms with van der Waals surface area (Å²) >= 11 is 0. The predicted octanol–water partition coefficient (Wildman–Crippen LogP) is 0.862. The van der Waals surface area contributed by atoms with E-state index in [1.807, 2.05) is 13.0 Å². The zero-order valence-corrected chi connectivity index (χ0v) is 8.84. The van der Waals surface area contributed by atoms with Crippen molar-refractivity contribution in [1.29, 1.82) is 0 Å². The molecule has 16 heavy (non-hydrogen) atoms. The lowest BCUT2D eigenvalue weighted by atomic mass is 10.1. The molecule has 2 aromatic rings. The van der Waals surface area contributed by atoms with Gasteiger partial charge in [-0.2, -0.15) is 5.10 Å². The second-order valence-corrected chi connectivity index (χ2v) is 3.55. The molecule has 1 heterocycles. The minimum Gasteiger partial charge on any atom is -0.382 e. The Hall–Kier alpha value is -2.30. The smallest absolute Gasteiger partial charge is 0.248 e. The van der Waals surface area contributed by atoms with Crippen molar-refractivity contribution >= 4 is 11.7 Å². The van der Waals surface area contributed by atoms with Crippen molar-refractivity contribution in [2.45, 2.75) is 6.92 Å². The standard InChI is InChI=1S/C11H12N4O/c1-7-6-8(2-3-9(7)11(13)16)15-5-4-10(12)14-15/h2-6H,1H3,(H2,12,14)(H2,13,16). The number of carbonyl (C=O) groups excluding carboxylic acids is 1. The van der Waals surface area contributed by atoms with Gasteiger partial charge in [0, 0.05) is 17.8 Å². The Balaban J connectivity index is 2.45. The molecule has 0 radical (unpaired) electrons. The van der Waals surface area contributed by atoms with Gasteiger partial charge in [-0.3, -0.25) is 4.79 Å². The van der Waals surface area contributed by atoms with E-state index >= 15 is 0 Å². The molecule has 1 amide bonds. The molecule has 0 bridgehead atoms. The van der Waals surface area contributed by atoms with Crippen LogP contribution >= 0.6 is 0 Å². The Morgan fingerprint density at radius 1 is 1.38 bits per heavy atom. The van der Waals surface area contributed by atoms with Crippen LogP contribution in [0.1, 0.15) is 15.9 Å². The summed E-state index contributed by atoms with van der Waals surface area (Å²) < 4.78 is 1.65. The van der Waals surface area contributed by atoms with E-state index in [4.69, 9.17) is 11.5 Å². The number of aryl methyl sites for hydroxylation is 1. The van der Waals surface area contributed by atoms with Crippen LogP contribution in [0.4, 0.5) is 5.82 Å². The van der Waals surface area contributed by atoms with Gasteiger partial charge in [0.1, 0.15) is 5.82 Å². The summed E-state index contributed by atoms with van der Waals surface area (Å²) in [5.41, 5.74) is 12.9. The molecule has 0 aliphatic rings. The van der Waals surface area contributed by atoms with E-state index in [-0.39, 0.29) is 0 Å². The second kappa shape index (κ2) is 3.69. The summed E-state index contributed by atoms with van der Waals surface area (Å²) in [6, 6.07) is 7.01. The van der Waals surface area contributed by atoms with Gasteiger partial charge in [0.25, 0.3) is 0 Å². The molecule has 4 N–H and O–H groups in total. The highest BCUT2D eigenvalue weighted by molar-refractivity contribution is 5.94. The lowest BCUT2D eigenvalue weighted by molar-refractivity contribution is 0.0999. The summed E-state index contributed by atoms with van der Waals surface area (Å²) in [6.45, 7) is 1.83. The fourth-order valence-electron chi connectivity index (χ4n) is 1.55. The van der Waals surface area contributed by atoms with E-state index in [9.17, 15) is 4.79 Å². The van der Waals surface area contributed by atoms with Gasteiger partial charge in [0.15, 0.2) is 0 Å². The third-order valence-corrected chi connectivity index (χ3v) is 2.35. The SMILES string of the molecule is Cc1cc(-n2ccc(N)n2)ccc1C(N)=O. The minimum atomic E-state index is -0.427. The molecule has 1 aromatic heterocycles. The lowest BCUT2D eigenvalue weighted by Gasteiger charge is -2.05. The first-order chi connectivity index (χ1) is 7.58. The number of anilines is 1. The van der Waals surface area contributed by atoms with Crippen LogP contribution in [0.2, 0.25) is 0 Å². The molecule has 5 nitrogen and oxygen atoms in total. The quantitative estimate of drug-likeness (QED) is 0.780. The van der Waals surface area contributed by atoms with Crippen molar-refractivity contribution in [1.82, 2.24) is 9.78 Å². The second-order valence-electron chi connectivity index (χ2n) is 3.55. The average Bonchev–Trinajstić information content (AvgIpc) is 2.64. The maximum Gasteiger partial charge on any atom is 0.248 e. The van der Waals surface area contributed by atoms with E-state index < -0.39 is 5.91 Å². The van der Waals surface area contributed by atoms with E-state index in [2.05, 4.69) is 5.10 Å². The number of hydrogen-bond acceptors (Lipinski definition) is 3. The minimum absolute atomic E-state index is 0.427. The number of carbonyl (C=O) groups is 1. The maximum atomic E-state index is 11.1. The number of benzene rings is 1. The summed E-state index contributed by atoms with van der Waals surface area (Å²) in [4.78, 5) is 11.1. The topological polar surface area (TPSA) is 86.9 Å². The highest BCUT2D eigenvalue weighted by Gasteiger charge is 2.06. The van der Waals surface area contributed by atoms with Crippen LogP contribution in [0.25, 0.3) is 5.69 Å². The van der Waals surface area contributed by atoms with Gasteiger partial charge in [-0.25, -0.2) is 4.68 Å². The first-order valence-electron chi connectivity index (χ1n) is 4.80. The number of hydrogen-bond donors (Lipinski definition) is 2. The van der Waals surface area contributed by atoms with E-state index in [0.29, 0.717) is 11.4 Å². The predicted molar refractivity (Wildman–Crippen MR) is 61.2 cm³/mol. The number of amides is 1. The normalized spacial score (nSPS) is 10.3. The van der Waals surface area contributed by atoms with Crippen molar-refractivity contribution in [2.24, 2.45) is 5.73 Å². The largest absolute Gasteiger partial charge is 0.382 e. The van der Waals surface area contributed by atoms with E-state index in [1.54, 1.807) is 29.1 Å². The molecule has 2 rings (SSSR count). The van der Waals surface area contributed by atoms with Crippen LogP contribution in [0, 0.1) is 6.92 Å². The van der Waals surface area contributed by atoms with Crippen LogP contribution in [-0.4, -0.2) is 15.7 Å². The van der Waals surface area contributed by atoms with Crippen molar-refractivity contribution in [2.75, 3.05) is 5.73 Å². The molecule has 0 unspecified atom stereocenters. The maximum absolute atomic E-state index is 11.1. The highest BCUT2D eigenvalue weighted by atomic mass is 16.1. The number of rotatable bonds is 2. The number of nitrogens with two attached hydrogens (primary N) is 2. The van der Waals surface area contributed by atoms with Gasteiger partial charge in [0.2, 0.25) is 5.91 Å². The zero-order chi connectivity index (χ0) is 11.7. The molecular weight excluding hydrogens is 204 g/mol. The van der Waals surface area contributed by atoms with Gasteiger partial charge in [-0.05, 0) is 30.7 Å². The first-order valence-corrected chi connectivity index (χ1v) is 4.80. The lowest BCUT2D eigenvalue weighted by Crippen LogP contribution is -2.13. The number of nitrogens with zero attached hydrogens (tertiary/aromatic N) is 2. The van der Waals surface area contributed by atoms with Gasteiger partial charge in [-0.15, -0.1) is 0 Å². The average molecular weight is 216 g/mol. The van der Waals surface area contributed by atoms with Gasteiger partial charge < -0.3 is 11.5 Å². The Morgan fingerprint density at radius 2 is 2.12 bits per heavy atom. The number of primary amides is 1. The monoisotopic (exact) mass is 216 g/mol. The molecule has 0 spiro atoms. The van der Waals surface area contributed by atoms with Crippen LogP contribution in [-0.2, 0) is 0 Å². The highest BCUT2D eigenvalue weighted by Crippen LogP contribution is 2.14. The summed E-state index contributed by atoms with van der Waals surface area (Å²) in [7, 11) is 0. The zero-order valence-electron chi connectivity index (χ0n) is 8.84. The van der Waals surface area contributed by atoms with Crippen LogP contribution < -0.4 is 11.5 Å². The Morgan fingerprint density at radius 3 is 2.62 bits per heavy atom. The fourth-order valence-corrected chi connectivity index (χ4v) is 1.55. The van der Waals surface area contributed by atoms with Crippen LogP contribution in [0.5, 0.6) is 0 Å². The molecule has 0 aliphatic heterocycles.